The van der Waals surface area contributed by atoms with Crippen molar-refractivity contribution in [2.75, 3.05) is 58.6 Å². The third-order valence-corrected chi connectivity index (χ3v) is 6.32. The van der Waals surface area contributed by atoms with Gasteiger partial charge in [0.2, 0.25) is 7.37 Å². The summed E-state index contributed by atoms with van der Waals surface area (Å²) in [5.41, 5.74) is 0.630. The summed E-state index contributed by atoms with van der Waals surface area (Å²) >= 11 is 0. The number of rotatable bonds is 5. The molecule has 0 spiro atoms. The van der Waals surface area contributed by atoms with Crippen LogP contribution in [0, 0.1) is 10.1 Å². The van der Waals surface area contributed by atoms with E-state index >= 15 is 0 Å². The second-order valence-corrected chi connectivity index (χ2v) is 9.44. The lowest BCUT2D eigenvalue weighted by Crippen LogP contribution is -2.37. The van der Waals surface area contributed by atoms with Crippen molar-refractivity contribution in [3.05, 3.63) is 39.9 Å². The van der Waals surface area contributed by atoms with Crippen LogP contribution in [-0.4, -0.2) is 73.4 Å². The molecule has 0 amide bonds. The summed E-state index contributed by atoms with van der Waals surface area (Å²) in [6, 6.07) is 5.87. The van der Waals surface area contributed by atoms with Gasteiger partial charge in [0.15, 0.2) is 0 Å². The lowest BCUT2D eigenvalue weighted by molar-refractivity contribution is -0.384. The first-order valence-corrected chi connectivity index (χ1v) is 11.9. The molecule has 1 unspecified atom stereocenters. The van der Waals surface area contributed by atoms with Crippen LogP contribution in [0.3, 0.4) is 0 Å². The molecule has 0 bridgehead atoms. The molecule has 0 aliphatic carbocycles. The van der Waals surface area contributed by atoms with Crippen molar-refractivity contribution < 1.29 is 14.4 Å². The summed E-state index contributed by atoms with van der Waals surface area (Å²) in [7, 11) is -3.42. The molecule has 1 aromatic rings. The summed E-state index contributed by atoms with van der Waals surface area (Å²) in [6.07, 6.45) is 2.13. The Balaban J connectivity index is 1.89. The predicted octanol–water partition coefficient (Wildman–Crippen LogP) is 1.19. The summed E-state index contributed by atoms with van der Waals surface area (Å²) in [5, 5.41) is 20.9. The zero-order chi connectivity index (χ0) is 20.2. The molecule has 1 aliphatic heterocycles. The maximum absolute atomic E-state index is 12.8. The van der Waals surface area contributed by atoms with Crippen molar-refractivity contribution in [3.8, 4) is 0 Å². The topological polar surface area (TPSA) is 120 Å². The molecule has 9 nitrogen and oxygen atoms in total. The van der Waals surface area contributed by atoms with Crippen LogP contribution < -0.4 is 16.0 Å². The van der Waals surface area contributed by atoms with E-state index in [1.165, 1.54) is 12.1 Å². The van der Waals surface area contributed by atoms with Crippen molar-refractivity contribution in [2.45, 2.75) is 19.0 Å². The Morgan fingerprint density at radius 1 is 0.964 bits per heavy atom. The van der Waals surface area contributed by atoms with E-state index in [9.17, 15) is 19.6 Å². The fourth-order valence-electron chi connectivity index (χ4n) is 3.18. The average molecular weight is 413 g/mol. The highest BCUT2D eigenvalue weighted by atomic mass is 31.2. The number of nitrogens with zero attached hydrogens (tertiary/aromatic N) is 2. The zero-order valence-electron chi connectivity index (χ0n) is 16.3. The van der Waals surface area contributed by atoms with Crippen LogP contribution in [-0.2, 0) is 10.7 Å². The fourth-order valence-corrected chi connectivity index (χ4v) is 4.97. The number of benzene rings is 1. The molecule has 2 rings (SSSR count). The summed E-state index contributed by atoms with van der Waals surface area (Å²) in [4.78, 5) is 22.8. The van der Waals surface area contributed by atoms with Crippen LogP contribution in [0.5, 0.6) is 0 Å². The van der Waals surface area contributed by atoms with Gasteiger partial charge in [-0.15, -0.1) is 0 Å². The van der Waals surface area contributed by atoms with Crippen LogP contribution in [0.15, 0.2) is 24.3 Å². The molecule has 1 aromatic carbocycles. The molecule has 158 valence electrons. The highest BCUT2D eigenvalue weighted by Crippen LogP contribution is 2.45. The quantitative estimate of drug-likeness (QED) is 0.323. The molecule has 28 heavy (non-hydrogen) atoms. The van der Waals surface area contributed by atoms with Gasteiger partial charge in [-0.2, -0.15) is 0 Å². The molecule has 4 N–H and O–H groups in total. The van der Waals surface area contributed by atoms with Gasteiger partial charge in [-0.1, -0.05) is 12.1 Å². The predicted molar refractivity (Wildman–Crippen MR) is 111 cm³/mol. The monoisotopic (exact) mass is 413 g/mol. The van der Waals surface area contributed by atoms with Crippen molar-refractivity contribution in [3.63, 3.8) is 0 Å². The van der Waals surface area contributed by atoms with Crippen LogP contribution in [0.25, 0.3) is 0 Å². The molecule has 1 aliphatic rings. The van der Waals surface area contributed by atoms with E-state index in [0.29, 0.717) is 5.56 Å². The van der Waals surface area contributed by atoms with Gasteiger partial charge in [-0.3, -0.25) is 19.6 Å². The summed E-state index contributed by atoms with van der Waals surface area (Å²) < 4.78 is 12.8. The number of nitro groups is 1. The normalized spacial score (nSPS) is 20.8. The van der Waals surface area contributed by atoms with Gasteiger partial charge in [-0.25, -0.2) is 0 Å². The molecular formula is C18H32N5O4P. The van der Waals surface area contributed by atoms with Crippen molar-refractivity contribution >= 4 is 13.1 Å². The minimum Gasteiger partial charge on any atom is -0.343 e. The summed E-state index contributed by atoms with van der Waals surface area (Å²) in [5.74, 6) is 0. The minimum absolute atomic E-state index is 0.0138. The van der Waals surface area contributed by atoms with E-state index in [1.807, 2.05) is 4.90 Å². The minimum atomic E-state index is -3.42. The van der Waals surface area contributed by atoms with Crippen molar-refractivity contribution in [1.82, 2.24) is 20.9 Å². The highest BCUT2D eigenvalue weighted by Gasteiger charge is 2.23. The van der Waals surface area contributed by atoms with Crippen LogP contribution in [0.1, 0.15) is 18.4 Å². The van der Waals surface area contributed by atoms with E-state index in [4.69, 9.17) is 0 Å². The number of non-ortho nitro benzene ring substituents is 1. The molecule has 10 heteroatoms. The molecule has 1 heterocycles. The Bertz CT molecular complexity index is 629. The van der Waals surface area contributed by atoms with E-state index in [-0.39, 0.29) is 18.1 Å². The first-order valence-electron chi connectivity index (χ1n) is 9.85. The number of hydrogen-bond acceptors (Lipinski definition) is 7. The second-order valence-electron chi connectivity index (χ2n) is 7.14. The number of hydrogen-bond donors (Lipinski definition) is 4. The number of nitrogens with one attached hydrogen (secondary N) is 3. The van der Waals surface area contributed by atoms with E-state index in [2.05, 4.69) is 16.0 Å². The SMILES string of the molecule is O=[N+]([O-])c1ccc(CP(=O)(O)CN2CCCNCCNCCCNCC2)cc1. The van der Waals surface area contributed by atoms with Gasteiger partial charge >= 0.3 is 0 Å². The first-order chi connectivity index (χ1) is 13.5. The molecule has 1 fully saturated rings. The summed E-state index contributed by atoms with van der Waals surface area (Å²) in [6.45, 7) is 6.92. The van der Waals surface area contributed by atoms with Crippen molar-refractivity contribution in [1.29, 1.82) is 0 Å². The van der Waals surface area contributed by atoms with Crippen LogP contribution in [0.2, 0.25) is 0 Å². The maximum Gasteiger partial charge on any atom is 0.269 e. The molecular weight excluding hydrogens is 381 g/mol. The van der Waals surface area contributed by atoms with Gasteiger partial charge in [0.25, 0.3) is 5.69 Å². The third-order valence-electron chi connectivity index (χ3n) is 4.62. The standard InChI is InChI=1S/C18H32N5O4P/c24-23(25)18-5-3-17(4-6-18)15-28(26,27)16-22-13-2-9-20-11-10-19-7-1-8-21-12-14-22/h3-6,19-21H,1-2,7-16H2,(H,26,27). The lowest BCUT2D eigenvalue weighted by Gasteiger charge is -2.25. The Morgan fingerprint density at radius 2 is 1.57 bits per heavy atom. The average Bonchev–Trinajstić information content (AvgIpc) is 2.64. The molecule has 0 aromatic heterocycles. The second kappa shape index (κ2) is 12.3. The smallest absolute Gasteiger partial charge is 0.269 e. The molecule has 1 atom stereocenters. The van der Waals surface area contributed by atoms with E-state index < -0.39 is 12.3 Å². The van der Waals surface area contributed by atoms with E-state index in [0.717, 1.165) is 65.2 Å². The van der Waals surface area contributed by atoms with Gasteiger partial charge in [-0.05, 0) is 44.6 Å². The Morgan fingerprint density at radius 3 is 2.21 bits per heavy atom. The Kier molecular flexibility index (Phi) is 10.0. The largest absolute Gasteiger partial charge is 0.343 e. The Hall–Kier alpha value is -1.35. The lowest BCUT2D eigenvalue weighted by atomic mass is 10.2. The zero-order valence-corrected chi connectivity index (χ0v) is 17.2. The number of nitro benzene ring substituents is 1. The van der Waals surface area contributed by atoms with Gasteiger partial charge in [0.05, 0.1) is 17.4 Å². The maximum atomic E-state index is 12.8. The van der Waals surface area contributed by atoms with Gasteiger partial charge in [0, 0.05) is 38.3 Å². The fraction of sp³-hybridized carbons (Fsp3) is 0.667. The van der Waals surface area contributed by atoms with E-state index in [1.54, 1.807) is 12.1 Å². The first kappa shape index (κ1) is 22.9. The molecule has 0 saturated carbocycles. The van der Waals surface area contributed by atoms with Crippen LogP contribution >= 0.6 is 7.37 Å². The van der Waals surface area contributed by atoms with Gasteiger partial charge < -0.3 is 20.8 Å². The Labute approximate surface area is 166 Å². The third kappa shape index (κ3) is 9.23. The van der Waals surface area contributed by atoms with Gasteiger partial charge in [0.1, 0.15) is 0 Å². The molecule has 0 radical (unpaired) electrons. The van der Waals surface area contributed by atoms with Crippen LogP contribution in [0.4, 0.5) is 5.69 Å². The van der Waals surface area contributed by atoms with Crippen molar-refractivity contribution in [2.24, 2.45) is 0 Å². The highest BCUT2D eigenvalue weighted by molar-refractivity contribution is 7.57. The molecule has 1 saturated heterocycles.